The largest absolute Gasteiger partial charge is 0.466 e. The number of ether oxygens (including phenoxy) is 2. The van der Waals surface area contributed by atoms with Crippen molar-refractivity contribution in [2.45, 2.75) is 71.4 Å². The third-order valence-electron chi connectivity index (χ3n) is 7.77. The van der Waals surface area contributed by atoms with E-state index in [1.165, 1.54) is 26.0 Å². The van der Waals surface area contributed by atoms with Crippen LogP contribution in [0.1, 0.15) is 47.5 Å². The minimum atomic E-state index is -0.531. The van der Waals surface area contributed by atoms with E-state index >= 15 is 0 Å². The van der Waals surface area contributed by atoms with Gasteiger partial charge in [0.05, 0.1) is 30.8 Å². The lowest BCUT2D eigenvalue weighted by atomic mass is 9.70. The van der Waals surface area contributed by atoms with E-state index in [2.05, 4.69) is 25.8 Å². The second-order valence-corrected chi connectivity index (χ2v) is 9.42. The zero-order valence-corrected chi connectivity index (χ0v) is 16.0. The van der Waals surface area contributed by atoms with E-state index in [0.29, 0.717) is 11.6 Å². The Morgan fingerprint density at radius 1 is 1.28 bits per heavy atom. The predicted octanol–water partition coefficient (Wildman–Crippen LogP) is 2.19. The van der Waals surface area contributed by atoms with Gasteiger partial charge in [-0.3, -0.25) is 4.84 Å². The number of rotatable bonds is 2. The molecule has 6 atom stereocenters. The van der Waals surface area contributed by atoms with Crippen molar-refractivity contribution in [1.82, 2.24) is 5.06 Å². The van der Waals surface area contributed by atoms with Gasteiger partial charge in [-0.2, -0.15) is 5.06 Å². The molecule has 25 heavy (non-hydrogen) atoms. The number of hydroxylamine groups is 2. The van der Waals surface area contributed by atoms with Crippen LogP contribution in [0.3, 0.4) is 0 Å². The van der Waals surface area contributed by atoms with Crippen LogP contribution in [0.4, 0.5) is 0 Å². The number of carbonyl (C=O) groups excluding carboxylic acids is 1. The van der Waals surface area contributed by atoms with Gasteiger partial charge >= 0.3 is 5.97 Å². The summed E-state index contributed by atoms with van der Waals surface area (Å²) in [6.07, 6.45) is 3.65. The van der Waals surface area contributed by atoms with E-state index in [-0.39, 0.29) is 35.1 Å². The molecule has 2 saturated carbocycles. The lowest BCUT2D eigenvalue weighted by Gasteiger charge is -2.39. The average molecular weight is 350 g/mol. The van der Waals surface area contributed by atoms with Crippen molar-refractivity contribution in [2.75, 3.05) is 7.11 Å². The number of esters is 1. The molecule has 5 unspecified atom stereocenters. The van der Waals surface area contributed by atoms with E-state index in [0.717, 1.165) is 0 Å². The molecule has 6 nitrogen and oxygen atoms in total. The molecular weight excluding hydrogens is 320 g/mol. The molecule has 0 radical (unpaired) electrons. The zero-order chi connectivity index (χ0) is 18.4. The Morgan fingerprint density at radius 2 is 1.96 bits per heavy atom. The van der Waals surface area contributed by atoms with Gasteiger partial charge < -0.3 is 15.2 Å². The van der Waals surface area contributed by atoms with Crippen molar-refractivity contribution in [1.29, 1.82) is 0 Å². The molecule has 2 aliphatic heterocycles. The zero-order valence-electron chi connectivity index (χ0n) is 16.0. The first-order valence-corrected chi connectivity index (χ1v) is 9.22. The highest BCUT2D eigenvalue weighted by Gasteiger charge is 2.74. The Balaban J connectivity index is 1.68. The summed E-state index contributed by atoms with van der Waals surface area (Å²) in [4.78, 5) is 18.0. The number of carbonyl (C=O) groups is 1. The summed E-state index contributed by atoms with van der Waals surface area (Å²) in [6.45, 7) is 11.1. The molecule has 4 fully saturated rings. The van der Waals surface area contributed by atoms with Crippen LogP contribution in [-0.2, 0) is 19.1 Å². The van der Waals surface area contributed by atoms with Crippen LogP contribution in [0.5, 0.6) is 0 Å². The highest BCUT2D eigenvalue weighted by molar-refractivity contribution is 5.82. The van der Waals surface area contributed by atoms with Crippen LogP contribution >= 0.6 is 0 Å². The summed E-state index contributed by atoms with van der Waals surface area (Å²) in [5.74, 6) is -0.103. The van der Waals surface area contributed by atoms with Crippen molar-refractivity contribution in [3.05, 3.63) is 11.8 Å². The van der Waals surface area contributed by atoms with Gasteiger partial charge in [0.25, 0.3) is 0 Å². The van der Waals surface area contributed by atoms with Crippen molar-refractivity contribution < 1.29 is 19.1 Å². The highest BCUT2D eigenvalue weighted by Crippen LogP contribution is 2.70. The van der Waals surface area contributed by atoms with Gasteiger partial charge in [0.2, 0.25) is 0 Å². The third-order valence-corrected chi connectivity index (χ3v) is 7.77. The molecule has 2 saturated heterocycles. The minimum Gasteiger partial charge on any atom is -0.466 e. The molecule has 0 aromatic carbocycles. The van der Waals surface area contributed by atoms with Crippen molar-refractivity contribution >= 4 is 5.97 Å². The fourth-order valence-corrected chi connectivity index (χ4v) is 6.04. The van der Waals surface area contributed by atoms with Crippen molar-refractivity contribution in [3.63, 3.8) is 0 Å². The third kappa shape index (κ3) is 1.99. The summed E-state index contributed by atoms with van der Waals surface area (Å²) in [7, 11) is 1.35. The first kappa shape index (κ1) is 17.3. The van der Waals surface area contributed by atoms with Crippen LogP contribution in [0.2, 0.25) is 0 Å². The molecule has 140 valence electrons. The van der Waals surface area contributed by atoms with Crippen molar-refractivity contribution in [3.8, 4) is 0 Å². The summed E-state index contributed by atoms with van der Waals surface area (Å²) >= 11 is 0. The Labute approximate surface area is 149 Å². The molecule has 2 N–H and O–H groups in total. The van der Waals surface area contributed by atoms with Crippen LogP contribution in [0.15, 0.2) is 11.8 Å². The minimum absolute atomic E-state index is 0.144. The first-order valence-electron chi connectivity index (χ1n) is 9.22. The van der Waals surface area contributed by atoms with E-state index < -0.39 is 11.6 Å². The molecule has 0 aromatic rings. The highest BCUT2D eigenvalue weighted by atomic mass is 16.8. The average Bonchev–Trinajstić information content (AvgIpc) is 3.10. The fourth-order valence-electron chi connectivity index (χ4n) is 6.04. The lowest BCUT2D eigenvalue weighted by Crippen LogP contribution is -2.43. The Hall–Kier alpha value is -1.11. The van der Waals surface area contributed by atoms with E-state index in [4.69, 9.17) is 20.0 Å². The number of hydrogen-bond acceptors (Lipinski definition) is 6. The maximum atomic E-state index is 11.7. The van der Waals surface area contributed by atoms with Crippen LogP contribution in [0, 0.1) is 22.7 Å². The van der Waals surface area contributed by atoms with Crippen LogP contribution in [0.25, 0.3) is 0 Å². The van der Waals surface area contributed by atoms with E-state index in [1.807, 2.05) is 13.8 Å². The van der Waals surface area contributed by atoms with Gasteiger partial charge in [-0.05, 0) is 38.0 Å². The Morgan fingerprint density at radius 3 is 2.60 bits per heavy atom. The van der Waals surface area contributed by atoms with E-state index in [1.54, 1.807) is 0 Å². The molecule has 2 aliphatic carbocycles. The second kappa shape index (κ2) is 4.99. The molecule has 6 heteroatoms. The second-order valence-electron chi connectivity index (χ2n) is 9.42. The smallest absolute Gasteiger partial charge is 0.332 e. The molecule has 0 spiro atoms. The van der Waals surface area contributed by atoms with E-state index in [9.17, 15) is 4.79 Å². The molecule has 0 amide bonds. The summed E-state index contributed by atoms with van der Waals surface area (Å²) in [5.41, 5.74) is 6.58. The number of nitrogens with two attached hydrogens (primary N) is 1. The summed E-state index contributed by atoms with van der Waals surface area (Å²) < 4.78 is 11.3. The Kier molecular flexibility index (Phi) is 3.45. The predicted molar refractivity (Wildman–Crippen MR) is 91.8 cm³/mol. The SMILES string of the molecule is COC(=O)/C=C(\N)C1C2OC3[C@H](C4CCC3(C)C4(C)C)N2OC1(C)C. The Bertz CT molecular complexity index is 643. The topological polar surface area (TPSA) is 74.0 Å². The molecule has 2 bridgehead atoms. The van der Waals surface area contributed by atoms with Gasteiger partial charge in [0.15, 0.2) is 0 Å². The van der Waals surface area contributed by atoms with Gasteiger partial charge in [-0.15, -0.1) is 0 Å². The number of methoxy groups -OCH3 is 1. The fraction of sp³-hybridized carbons (Fsp3) is 0.842. The summed E-state index contributed by atoms with van der Waals surface area (Å²) in [6, 6.07) is 0.258. The molecule has 0 aromatic heterocycles. The maximum absolute atomic E-state index is 11.7. The maximum Gasteiger partial charge on any atom is 0.332 e. The first-order chi connectivity index (χ1) is 11.5. The standard InChI is InChI=1S/C19H30N2O4/c1-17(2)10-7-8-19(17,5)15-14(10)21-16(24-15)13(18(3,4)25-21)11(20)9-12(22)23-6/h9-10,13-16H,7-8,20H2,1-6H3/b11-9-/t10?,13?,14-,15?,16?,19?/m0/s1. The van der Waals surface area contributed by atoms with Gasteiger partial charge in [-0.25, -0.2) is 4.79 Å². The quantitative estimate of drug-likeness (QED) is 0.608. The monoisotopic (exact) mass is 350 g/mol. The lowest BCUT2D eigenvalue weighted by molar-refractivity contribution is -0.220. The molecule has 4 rings (SSSR count). The van der Waals surface area contributed by atoms with Crippen molar-refractivity contribution in [2.24, 2.45) is 28.4 Å². The number of nitrogens with zero attached hydrogens (tertiary/aromatic N) is 1. The molecular formula is C19H30N2O4. The van der Waals surface area contributed by atoms with Crippen LogP contribution in [-0.4, -0.2) is 42.1 Å². The molecule has 4 aliphatic rings. The molecule has 2 heterocycles. The number of fused-ring (bicyclic) bond motifs is 7. The normalized spacial score (nSPS) is 47.0. The van der Waals surface area contributed by atoms with Gasteiger partial charge in [0.1, 0.15) is 6.23 Å². The van der Waals surface area contributed by atoms with Gasteiger partial charge in [-0.1, -0.05) is 20.8 Å². The van der Waals surface area contributed by atoms with Crippen LogP contribution < -0.4 is 5.73 Å². The summed E-state index contributed by atoms with van der Waals surface area (Å²) in [5, 5.41) is 2.06. The van der Waals surface area contributed by atoms with Gasteiger partial charge in [0, 0.05) is 17.2 Å². The number of hydrogen-bond donors (Lipinski definition) is 1.